The highest BCUT2D eigenvalue weighted by atomic mass is 32.2. The van der Waals surface area contributed by atoms with Crippen LogP contribution in [0.3, 0.4) is 0 Å². The number of anilines is 1. The Kier molecular flexibility index (Phi) is 4.57. The number of hydrogen-bond acceptors (Lipinski definition) is 6. The largest absolute Gasteiger partial charge is 0.338 e. The van der Waals surface area contributed by atoms with Crippen LogP contribution in [0.5, 0.6) is 0 Å². The predicted molar refractivity (Wildman–Crippen MR) is 104 cm³/mol. The minimum Gasteiger partial charge on any atom is -0.338 e. The molecule has 27 heavy (non-hydrogen) atoms. The van der Waals surface area contributed by atoms with Crippen LogP contribution in [0.1, 0.15) is 22.4 Å². The maximum absolute atomic E-state index is 12.4. The van der Waals surface area contributed by atoms with Gasteiger partial charge in [0.05, 0.1) is 17.0 Å². The van der Waals surface area contributed by atoms with Gasteiger partial charge in [-0.2, -0.15) is 16.9 Å². The van der Waals surface area contributed by atoms with Crippen LogP contribution in [0.15, 0.2) is 39.6 Å². The van der Waals surface area contributed by atoms with Crippen molar-refractivity contribution in [1.82, 2.24) is 14.9 Å². The average Bonchev–Trinajstić information content (AvgIpc) is 3.24. The van der Waals surface area contributed by atoms with Crippen molar-refractivity contribution < 1.29 is 9.32 Å². The summed E-state index contributed by atoms with van der Waals surface area (Å²) in [7, 11) is 0. The molecular weight excluding hydrogens is 364 g/mol. The number of thioether (sulfide) groups is 1. The Hall–Kier alpha value is -2.87. The van der Waals surface area contributed by atoms with Gasteiger partial charge in [0, 0.05) is 23.1 Å². The van der Waals surface area contributed by atoms with Crippen molar-refractivity contribution in [3.8, 4) is 11.3 Å². The summed E-state index contributed by atoms with van der Waals surface area (Å²) < 4.78 is 6.36. The highest BCUT2D eigenvalue weighted by Crippen LogP contribution is 2.34. The molecule has 1 aliphatic rings. The van der Waals surface area contributed by atoms with Gasteiger partial charge >= 0.3 is 0 Å². The summed E-state index contributed by atoms with van der Waals surface area (Å²) in [6.07, 6.45) is 0. The molecule has 7 nitrogen and oxygen atoms in total. The molecule has 0 bridgehead atoms. The van der Waals surface area contributed by atoms with Crippen molar-refractivity contribution in [2.45, 2.75) is 31.9 Å². The van der Waals surface area contributed by atoms with Crippen molar-refractivity contribution in [2.75, 3.05) is 5.32 Å². The number of aromatic nitrogens is 3. The third-order valence-electron chi connectivity index (χ3n) is 4.44. The molecule has 0 saturated carbocycles. The fourth-order valence-corrected chi connectivity index (χ4v) is 4.00. The van der Waals surface area contributed by atoms with Crippen LogP contribution in [0.2, 0.25) is 0 Å². The number of carbonyl (C=O) groups excluding carboxylic acids is 1. The molecule has 0 aliphatic carbocycles. The van der Waals surface area contributed by atoms with E-state index in [-0.39, 0.29) is 18.0 Å². The number of benzene rings is 1. The lowest BCUT2D eigenvalue weighted by molar-refractivity contribution is -0.117. The van der Waals surface area contributed by atoms with E-state index >= 15 is 0 Å². The van der Waals surface area contributed by atoms with E-state index in [2.05, 4.69) is 15.6 Å². The number of hydrogen-bond donors (Lipinski definition) is 1. The quantitative estimate of drug-likeness (QED) is 0.746. The first-order valence-corrected chi connectivity index (χ1v) is 9.67. The van der Waals surface area contributed by atoms with Crippen LogP contribution in [0.4, 0.5) is 5.88 Å². The molecule has 0 saturated heterocycles. The van der Waals surface area contributed by atoms with Crippen molar-refractivity contribution >= 4 is 23.6 Å². The summed E-state index contributed by atoms with van der Waals surface area (Å²) in [4.78, 5) is 24.6. The van der Waals surface area contributed by atoms with E-state index in [1.165, 1.54) is 6.07 Å². The Balaban J connectivity index is 1.57. The standard InChI is InChI=1S/C19H18N4O3S/c1-11-3-4-12(2)13(7-11)15-5-6-18(25)23(21-15)8-17(24)20-19-14-9-27-10-16(14)22-26-19/h3-7H,8-10H2,1-2H3,(H,20,24). The summed E-state index contributed by atoms with van der Waals surface area (Å²) in [6, 6.07) is 9.16. The third kappa shape index (κ3) is 3.52. The zero-order valence-corrected chi connectivity index (χ0v) is 15.8. The summed E-state index contributed by atoms with van der Waals surface area (Å²) >= 11 is 1.72. The van der Waals surface area contributed by atoms with Crippen LogP contribution in [-0.4, -0.2) is 20.8 Å². The fourth-order valence-electron chi connectivity index (χ4n) is 2.97. The van der Waals surface area contributed by atoms with E-state index in [9.17, 15) is 9.59 Å². The zero-order chi connectivity index (χ0) is 19.0. The molecule has 138 valence electrons. The molecule has 1 aromatic carbocycles. The second-order valence-corrected chi connectivity index (χ2v) is 7.50. The molecule has 2 aromatic heterocycles. The fraction of sp³-hybridized carbons (Fsp3) is 0.263. The minimum atomic E-state index is -0.376. The van der Waals surface area contributed by atoms with E-state index in [1.54, 1.807) is 17.8 Å². The Labute approximate surface area is 159 Å². The van der Waals surface area contributed by atoms with Gasteiger partial charge in [0.15, 0.2) is 0 Å². The number of nitrogens with one attached hydrogen (secondary N) is 1. The van der Waals surface area contributed by atoms with E-state index in [4.69, 9.17) is 4.52 Å². The number of nitrogens with zero attached hydrogens (tertiary/aromatic N) is 3. The Morgan fingerprint density at radius 1 is 1.26 bits per heavy atom. The van der Waals surface area contributed by atoms with Gasteiger partial charge < -0.3 is 4.52 Å². The molecule has 0 unspecified atom stereocenters. The summed E-state index contributed by atoms with van der Waals surface area (Å²) in [5, 5.41) is 11.0. The molecule has 3 heterocycles. The van der Waals surface area contributed by atoms with Gasteiger partial charge in [-0.3, -0.25) is 14.9 Å². The molecule has 1 amide bonds. The van der Waals surface area contributed by atoms with Crippen LogP contribution in [-0.2, 0) is 22.8 Å². The van der Waals surface area contributed by atoms with Crippen molar-refractivity contribution in [3.05, 3.63) is 63.1 Å². The third-order valence-corrected chi connectivity index (χ3v) is 5.41. The normalized spacial score (nSPS) is 12.8. The number of amides is 1. The van der Waals surface area contributed by atoms with E-state index in [0.29, 0.717) is 11.6 Å². The lowest BCUT2D eigenvalue weighted by Gasteiger charge is -2.10. The minimum absolute atomic E-state index is 0.194. The van der Waals surface area contributed by atoms with E-state index in [1.807, 2.05) is 32.0 Å². The number of rotatable bonds is 4. The van der Waals surface area contributed by atoms with Gasteiger partial charge in [0.1, 0.15) is 6.54 Å². The summed E-state index contributed by atoms with van der Waals surface area (Å²) in [5.74, 6) is 1.53. The molecule has 0 spiro atoms. The zero-order valence-electron chi connectivity index (χ0n) is 15.0. The monoisotopic (exact) mass is 382 g/mol. The topological polar surface area (TPSA) is 90.0 Å². The highest BCUT2D eigenvalue weighted by Gasteiger charge is 2.23. The van der Waals surface area contributed by atoms with Gasteiger partial charge in [-0.1, -0.05) is 22.9 Å². The lowest BCUT2D eigenvalue weighted by Crippen LogP contribution is -2.29. The molecular formula is C19H18N4O3S. The van der Waals surface area contributed by atoms with Gasteiger partial charge in [-0.25, -0.2) is 4.68 Å². The van der Waals surface area contributed by atoms with Crippen LogP contribution in [0, 0.1) is 13.8 Å². The molecule has 1 aliphatic heterocycles. The Morgan fingerprint density at radius 3 is 2.96 bits per heavy atom. The smallest absolute Gasteiger partial charge is 0.267 e. The average molecular weight is 382 g/mol. The van der Waals surface area contributed by atoms with Gasteiger partial charge in [-0.05, 0) is 31.5 Å². The van der Waals surface area contributed by atoms with Gasteiger partial charge in [0.25, 0.3) is 5.56 Å². The van der Waals surface area contributed by atoms with Crippen molar-refractivity contribution in [3.63, 3.8) is 0 Å². The first-order valence-electron chi connectivity index (χ1n) is 8.52. The second-order valence-electron chi connectivity index (χ2n) is 6.51. The first-order chi connectivity index (χ1) is 13.0. The molecule has 4 rings (SSSR count). The molecule has 1 N–H and O–H groups in total. The maximum Gasteiger partial charge on any atom is 0.267 e. The molecule has 0 radical (unpaired) electrons. The number of aryl methyl sites for hydroxylation is 2. The van der Waals surface area contributed by atoms with Crippen LogP contribution >= 0.6 is 11.8 Å². The lowest BCUT2D eigenvalue weighted by atomic mass is 10.0. The summed E-state index contributed by atoms with van der Waals surface area (Å²) in [5.41, 5.74) is 5.19. The number of carbonyl (C=O) groups is 1. The SMILES string of the molecule is Cc1ccc(C)c(-c2ccc(=O)n(CC(=O)Nc3onc4c3CSC4)n2)c1. The van der Waals surface area contributed by atoms with Crippen molar-refractivity contribution in [2.24, 2.45) is 0 Å². The molecule has 3 aromatic rings. The Bertz CT molecular complexity index is 1090. The molecule has 0 fully saturated rings. The van der Waals surface area contributed by atoms with Crippen LogP contribution < -0.4 is 10.9 Å². The molecule has 0 atom stereocenters. The van der Waals surface area contributed by atoms with Crippen molar-refractivity contribution in [1.29, 1.82) is 0 Å². The van der Waals surface area contributed by atoms with E-state index in [0.717, 1.165) is 44.1 Å². The van der Waals surface area contributed by atoms with Gasteiger partial charge in [-0.15, -0.1) is 0 Å². The predicted octanol–water partition coefficient (Wildman–Crippen LogP) is 2.90. The van der Waals surface area contributed by atoms with E-state index < -0.39 is 0 Å². The second kappa shape index (κ2) is 7.03. The van der Waals surface area contributed by atoms with Crippen LogP contribution in [0.25, 0.3) is 11.3 Å². The maximum atomic E-state index is 12.4. The Morgan fingerprint density at radius 2 is 2.11 bits per heavy atom. The molecule has 8 heteroatoms. The van der Waals surface area contributed by atoms with Gasteiger partial charge in [0.2, 0.25) is 11.8 Å². The number of fused-ring (bicyclic) bond motifs is 1. The first kappa shape index (κ1) is 17.5. The highest BCUT2D eigenvalue weighted by molar-refractivity contribution is 7.98. The summed E-state index contributed by atoms with van der Waals surface area (Å²) in [6.45, 7) is 3.79.